The Morgan fingerprint density at radius 1 is 1.18 bits per heavy atom. The minimum atomic E-state index is -4.32. The van der Waals surface area contributed by atoms with Gasteiger partial charge in [-0.2, -0.15) is 13.2 Å². The zero-order chi connectivity index (χ0) is 25.5. The third kappa shape index (κ3) is 8.09. The molecule has 0 aliphatic carbocycles. The summed E-state index contributed by atoms with van der Waals surface area (Å²) in [5.74, 6) is -0.360. The summed E-state index contributed by atoms with van der Waals surface area (Å²) in [5.41, 5.74) is 5.52. The van der Waals surface area contributed by atoms with Gasteiger partial charge < -0.3 is 11.1 Å². The van der Waals surface area contributed by atoms with Crippen molar-refractivity contribution in [1.29, 1.82) is 0 Å². The molecule has 1 aliphatic rings. The molecule has 186 valence electrons. The molecule has 1 saturated heterocycles. The average Bonchev–Trinajstić information content (AvgIpc) is 2.76. The molecule has 1 aliphatic heterocycles. The van der Waals surface area contributed by atoms with Crippen molar-refractivity contribution in [2.75, 3.05) is 18.8 Å². The summed E-state index contributed by atoms with van der Waals surface area (Å²) in [4.78, 5) is 28.6. The predicted molar refractivity (Wildman–Crippen MR) is 121 cm³/mol. The number of nitrogens with zero attached hydrogens (tertiary/aromatic N) is 2. The molecule has 1 aromatic carbocycles. The van der Waals surface area contributed by atoms with Gasteiger partial charge in [-0.3, -0.25) is 19.5 Å². The Morgan fingerprint density at radius 3 is 2.29 bits per heavy atom. The highest BCUT2D eigenvalue weighted by Gasteiger charge is 2.31. The molecule has 0 radical (unpaired) electrons. The van der Waals surface area contributed by atoms with E-state index in [1.165, 1.54) is 24.3 Å². The summed E-state index contributed by atoms with van der Waals surface area (Å²) in [6.07, 6.45) is -1.15. The van der Waals surface area contributed by atoms with Crippen LogP contribution in [0, 0.1) is 11.7 Å². The quantitative estimate of drug-likeness (QED) is 0.382. The molecule has 3 rings (SSSR count). The lowest BCUT2D eigenvalue weighted by molar-refractivity contribution is -0.141. The van der Waals surface area contributed by atoms with Gasteiger partial charge in [-0.25, -0.2) is 4.39 Å². The molecule has 1 amide bonds. The van der Waals surface area contributed by atoms with Gasteiger partial charge in [0.15, 0.2) is 6.29 Å². The number of nitrogens with two attached hydrogens (primary N) is 1. The Labute approximate surface area is 196 Å². The second-order valence-corrected chi connectivity index (χ2v) is 9.15. The van der Waals surface area contributed by atoms with E-state index in [-0.39, 0.29) is 22.9 Å². The Bertz CT molecular complexity index is 967. The number of carbonyl (C=O) groups excluding carboxylic acids is 2. The van der Waals surface area contributed by atoms with E-state index in [1.54, 1.807) is 0 Å². The van der Waals surface area contributed by atoms with Crippen LogP contribution in [0.3, 0.4) is 0 Å². The van der Waals surface area contributed by atoms with Crippen LogP contribution in [-0.4, -0.2) is 40.7 Å². The number of nitrogens with one attached hydrogen (secondary N) is 1. The smallest absolute Gasteiger partial charge is 0.398 e. The van der Waals surface area contributed by atoms with E-state index in [4.69, 9.17) is 5.73 Å². The van der Waals surface area contributed by atoms with E-state index in [2.05, 4.69) is 15.2 Å². The maximum atomic E-state index is 14.1. The SMILES string of the molecule is CC(C)(C)NC(=O)C1CCN(Cc2c(F)ccc(N)c2C=O)CC1.FC(F)(F)c1ccccn1. The highest BCUT2D eigenvalue weighted by atomic mass is 19.4. The molecule has 6 nitrogen and oxygen atoms in total. The summed E-state index contributed by atoms with van der Waals surface area (Å²) < 4.78 is 49.2. The molecule has 1 aromatic heterocycles. The molecule has 0 unspecified atom stereocenters. The number of aldehydes is 1. The van der Waals surface area contributed by atoms with Crippen LogP contribution < -0.4 is 11.1 Å². The zero-order valence-electron chi connectivity index (χ0n) is 19.5. The lowest BCUT2D eigenvalue weighted by Crippen LogP contribution is -2.46. The van der Waals surface area contributed by atoms with Gasteiger partial charge >= 0.3 is 6.18 Å². The van der Waals surface area contributed by atoms with Gasteiger partial charge in [0.25, 0.3) is 0 Å². The highest BCUT2D eigenvalue weighted by molar-refractivity contribution is 5.85. The molecule has 0 atom stereocenters. The number of nitrogen functional groups attached to an aromatic ring is 1. The number of carbonyl (C=O) groups is 2. The topological polar surface area (TPSA) is 88.3 Å². The maximum absolute atomic E-state index is 14.1. The second-order valence-electron chi connectivity index (χ2n) is 9.15. The number of piperidine rings is 1. The number of rotatable bonds is 4. The number of benzene rings is 1. The Hall–Kier alpha value is -3.01. The number of alkyl halides is 3. The summed E-state index contributed by atoms with van der Waals surface area (Å²) >= 11 is 0. The van der Waals surface area contributed by atoms with E-state index in [1.807, 2.05) is 20.8 Å². The van der Waals surface area contributed by atoms with E-state index in [0.717, 1.165) is 25.1 Å². The summed E-state index contributed by atoms with van der Waals surface area (Å²) in [5, 5.41) is 3.01. The minimum absolute atomic E-state index is 0.0169. The third-order valence-electron chi connectivity index (χ3n) is 5.25. The van der Waals surface area contributed by atoms with Gasteiger partial charge in [0.05, 0.1) is 0 Å². The number of likely N-dealkylation sites (tertiary alicyclic amines) is 1. The summed E-state index contributed by atoms with van der Waals surface area (Å²) in [7, 11) is 0. The molecule has 2 aromatic rings. The van der Waals surface area contributed by atoms with Crippen LogP contribution in [0.5, 0.6) is 0 Å². The summed E-state index contributed by atoms with van der Waals surface area (Å²) in [6.45, 7) is 7.60. The Morgan fingerprint density at radius 2 is 1.82 bits per heavy atom. The standard InChI is InChI=1S/C18H26FN3O2.C6H4F3N/c1-18(2,3)21-17(24)12-6-8-22(9-7-12)10-13-14(11-23)16(20)5-4-15(13)19;7-6(8,9)5-3-1-2-4-10-5/h4-5,11-12H,6-10,20H2,1-3H3,(H,21,24);1-4H. The van der Waals surface area contributed by atoms with Crippen molar-refractivity contribution < 1.29 is 27.2 Å². The van der Waals surface area contributed by atoms with Crippen molar-refractivity contribution in [2.24, 2.45) is 5.92 Å². The van der Waals surface area contributed by atoms with Gasteiger partial charge in [-0.15, -0.1) is 0 Å². The number of hydrogen-bond donors (Lipinski definition) is 2. The normalized spacial score (nSPS) is 15.3. The van der Waals surface area contributed by atoms with Crippen LogP contribution in [0.25, 0.3) is 0 Å². The van der Waals surface area contributed by atoms with E-state index < -0.39 is 17.7 Å². The second kappa shape index (κ2) is 11.4. The number of aromatic nitrogens is 1. The Kier molecular flexibility index (Phi) is 9.14. The first kappa shape index (κ1) is 27.2. The van der Waals surface area contributed by atoms with Crippen molar-refractivity contribution in [3.05, 3.63) is 59.2 Å². The van der Waals surface area contributed by atoms with E-state index >= 15 is 0 Å². The Balaban J connectivity index is 0.000000340. The van der Waals surface area contributed by atoms with Crippen molar-refractivity contribution >= 4 is 17.9 Å². The fourth-order valence-electron chi connectivity index (χ4n) is 3.54. The average molecular weight is 483 g/mol. The van der Waals surface area contributed by atoms with Crippen LogP contribution in [0.15, 0.2) is 36.5 Å². The van der Waals surface area contributed by atoms with Gasteiger partial charge in [-0.05, 0) is 71.0 Å². The van der Waals surface area contributed by atoms with Gasteiger partial charge in [-0.1, -0.05) is 6.07 Å². The van der Waals surface area contributed by atoms with Gasteiger partial charge in [0.1, 0.15) is 11.5 Å². The molecular weight excluding hydrogens is 452 g/mol. The van der Waals surface area contributed by atoms with Crippen LogP contribution >= 0.6 is 0 Å². The van der Waals surface area contributed by atoms with Gasteiger partial charge in [0, 0.05) is 41.0 Å². The van der Waals surface area contributed by atoms with Crippen LogP contribution in [0.1, 0.15) is 55.2 Å². The minimum Gasteiger partial charge on any atom is -0.398 e. The lowest BCUT2D eigenvalue weighted by atomic mass is 9.94. The third-order valence-corrected chi connectivity index (χ3v) is 5.25. The molecule has 3 N–H and O–H groups in total. The lowest BCUT2D eigenvalue weighted by Gasteiger charge is -2.33. The molecule has 0 spiro atoms. The first-order valence-corrected chi connectivity index (χ1v) is 10.9. The first-order valence-electron chi connectivity index (χ1n) is 10.9. The summed E-state index contributed by atoms with van der Waals surface area (Å²) in [6, 6.07) is 6.37. The highest BCUT2D eigenvalue weighted by Crippen LogP contribution is 2.26. The zero-order valence-corrected chi connectivity index (χ0v) is 19.5. The molecule has 2 heterocycles. The fraction of sp³-hybridized carbons (Fsp3) is 0.458. The number of anilines is 1. The first-order chi connectivity index (χ1) is 15.8. The fourth-order valence-corrected chi connectivity index (χ4v) is 3.54. The predicted octanol–water partition coefficient (Wildman–Crippen LogP) is 4.45. The number of amides is 1. The van der Waals surface area contributed by atoms with E-state index in [0.29, 0.717) is 37.2 Å². The maximum Gasteiger partial charge on any atom is 0.433 e. The molecule has 0 bridgehead atoms. The number of hydrogen-bond acceptors (Lipinski definition) is 5. The molecule has 10 heteroatoms. The molecular formula is C24H30F4N4O2. The molecule has 34 heavy (non-hydrogen) atoms. The van der Waals surface area contributed by atoms with Crippen LogP contribution in [0.2, 0.25) is 0 Å². The number of halogens is 4. The van der Waals surface area contributed by atoms with Gasteiger partial charge in [0.2, 0.25) is 5.91 Å². The molecule has 1 fully saturated rings. The monoisotopic (exact) mass is 482 g/mol. The van der Waals surface area contributed by atoms with Crippen molar-refractivity contribution in [3.63, 3.8) is 0 Å². The van der Waals surface area contributed by atoms with Crippen molar-refractivity contribution in [1.82, 2.24) is 15.2 Å². The van der Waals surface area contributed by atoms with Crippen molar-refractivity contribution in [2.45, 2.75) is 51.9 Å². The number of pyridine rings is 1. The van der Waals surface area contributed by atoms with Crippen molar-refractivity contribution in [3.8, 4) is 0 Å². The molecule has 0 saturated carbocycles. The van der Waals surface area contributed by atoms with Crippen LogP contribution in [0.4, 0.5) is 23.2 Å². The van der Waals surface area contributed by atoms with Crippen LogP contribution in [-0.2, 0) is 17.5 Å². The van der Waals surface area contributed by atoms with E-state index in [9.17, 15) is 27.2 Å². The largest absolute Gasteiger partial charge is 0.433 e.